The summed E-state index contributed by atoms with van der Waals surface area (Å²) in [6, 6.07) is 13.8. The van der Waals surface area contributed by atoms with Crippen molar-refractivity contribution in [1.29, 1.82) is 0 Å². The number of ether oxygens (including phenoxy) is 3. The number of nitrogens with one attached hydrogen (secondary N) is 1. The number of hydrogen-bond donors (Lipinski definition) is 1. The van der Waals surface area contributed by atoms with Crippen LogP contribution in [0.3, 0.4) is 0 Å². The first kappa shape index (κ1) is 14.1. The van der Waals surface area contributed by atoms with Crippen molar-refractivity contribution in [3.05, 3.63) is 47.1 Å². The molecule has 4 rings (SSSR count). The molecular formula is C18H15NO3S. The van der Waals surface area contributed by atoms with Crippen molar-refractivity contribution in [3.8, 4) is 28.4 Å². The van der Waals surface area contributed by atoms with Gasteiger partial charge in [0.2, 0.25) is 6.79 Å². The molecule has 0 saturated carbocycles. The third-order valence-electron chi connectivity index (χ3n) is 3.81. The van der Waals surface area contributed by atoms with E-state index >= 15 is 0 Å². The third-order valence-corrected chi connectivity index (χ3v) is 4.03. The first-order chi connectivity index (χ1) is 11.3. The molecule has 0 fully saturated rings. The Kier molecular flexibility index (Phi) is 3.42. The van der Waals surface area contributed by atoms with E-state index in [2.05, 4.69) is 4.98 Å². The summed E-state index contributed by atoms with van der Waals surface area (Å²) >= 11 is 5.39. The lowest BCUT2D eigenvalue weighted by Crippen LogP contribution is -1.95. The minimum atomic E-state index is 0.247. The zero-order valence-corrected chi connectivity index (χ0v) is 13.4. The van der Waals surface area contributed by atoms with Gasteiger partial charge in [-0.3, -0.25) is 0 Å². The fraction of sp³-hybridized carbons (Fsp3) is 0.167. The van der Waals surface area contributed by atoms with Crippen LogP contribution in [0, 0.1) is 4.64 Å². The maximum atomic E-state index is 5.77. The largest absolute Gasteiger partial charge is 0.493 e. The highest BCUT2D eigenvalue weighted by molar-refractivity contribution is 7.71. The minimum Gasteiger partial charge on any atom is -0.493 e. The van der Waals surface area contributed by atoms with Gasteiger partial charge in [0.05, 0.1) is 12.1 Å². The molecule has 2 aromatic carbocycles. The highest BCUT2D eigenvalue weighted by Crippen LogP contribution is 2.40. The lowest BCUT2D eigenvalue weighted by Gasteiger charge is -2.13. The zero-order valence-electron chi connectivity index (χ0n) is 12.6. The normalized spacial score (nSPS) is 12.6. The fourth-order valence-corrected chi connectivity index (χ4v) is 3.07. The van der Waals surface area contributed by atoms with Crippen molar-refractivity contribution in [2.24, 2.45) is 0 Å². The van der Waals surface area contributed by atoms with E-state index < -0.39 is 0 Å². The Labute approximate surface area is 138 Å². The second-order valence-electron chi connectivity index (χ2n) is 5.23. The lowest BCUT2D eigenvalue weighted by atomic mass is 10.00. The zero-order chi connectivity index (χ0) is 15.8. The van der Waals surface area contributed by atoms with Crippen molar-refractivity contribution < 1.29 is 14.2 Å². The summed E-state index contributed by atoms with van der Waals surface area (Å²) < 4.78 is 17.4. The molecule has 1 aromatic heterocycles. The Morgan fingerprint density at radius 1 is 1.09 bits per heavy atom. The molecule has 1 aliphatic rings. The van der Waals surface area contributed by atoms with Crippen LogP contribution >= 0.6 is 12.2 Å². The SMILES string of the molecule is CCOc1ccccc1-c1cc(=S)[nH]c2cc3c(cc12)OCO3. The van der Waals surface area contributed by atoms with E-state index in [9.17, 15) is 0 Å². The summed E-state index contributed by atoms with van der Waals surface area (Å²) in [6.07, 6.45) is 0. The molecule has 0 atom stereocenters. The average Bonchev–Trinajstić information content (AvgIpc) is 3.00. The number of fused-ring (bicyclic) bond motifs is 2. The van der Waals surface area contributed by atoms with Crippen LogP contribution in [-0.4, -0.2) is 18.4 Å². The van der Waals surface area contributed by atoms with Gasteiger partial charge in [-0.15, -0.1) is 0 Å². The van der Waals surface area contributed by atoms with Gasteiger partial charge in [0.15, 0.2) is 11.5 Å². The topological polar surface area (TPSA) is 43.5 Å². The molecule has 1 aliphatic heterocycles. The van der Waals surface area contributed by atoms with Crippen LogP contribution in [0.5, 0.6) is 17.2 Å². The molecule has 0 unspecified atom stereocenters. The molecule has 3 aromatic rings. The predicted molar refractivity (Wildman–Crippen MR) is 91.9 cm³/mol. The highest BCUT2D eigenvalue weighted by Gasteiger charge is 2.17. The molecule has 1 N–H and O–H groups in total. The maximum absolute atomic E-state index is 5.77. The Hall–Kier alpha value is -2.53. The van der Waals surface area contributed by atoms with Crippen LogP contribution in [0.2, 0.25) is 0 Å². The second-order valence-corrected chi connectivity index (χ2v) is 5.67. The number of pyridine rings is 1. The van der Waals surface area contributed by atoms with Gasteiger partial charge in [-0.2, -0.15) is 0 Å². The maximum Gasteiger partial charge on any atom is 0.231 e. The molecule has 0 spiro atoms. The predicted octanol–water partition coefficient (Wildman–Crippen LogP) is 4.69. The van der Waals surface area contributed by atoms with Gasteiger partial charge in [0.25, 0.3) is 0 Å². The van der Waals surface area contributed by atoms with Crippen molar-refractivity contribution >= 4 is 23.1 Å². The van der Waals surface area contributed by atoms with Gasteiger partial charge < -0.3 is 19.2 Å². The van der Waals surface area contributed by atoms with Gasteiger partial charge >= 0.3 is 0 Å². The molecule has 0 aliphatic carbocycles. The summed E-state index contributed by atoms with van der Waals surface area (Å²) in [5.41, 5.74) is 2.95. The fourth-order valence-electron chi connectivity index (χ4n) is 2.84. The molecule has 5 heteroatoms. The molecule has 0 radical (unpaired) electrons. The van der Waals surface area contributed by atoms with E-state index in [0.29, 0.717) is 11.2 Å². The molecule has 23 heavy (non-hydrogen) atoms. The van der Waals surface area contributed by atoms with Crippen molar-refractivity contribution in [2.45, 2.75) is 6.92 Å². The Morgan fingerprint density at radius 2 is 1.87 bits per heavy atom. The number of aromatic nitrogens is 1. The van der Waals surface area contributed by atoms with Crippen LogP contribution in [0.15, 0.2) is 42.5 Å². The van der Waals surface area contributed by atoms with E-state index in [1.807, 2.05) is 49.4 Å². The van der Waals surface area contributed by atoms with Crippen LogP contribution in [-0.2, 0) is 0 Å². The van der Waals surface area contributed by atoms with Crippen LogP contribution in [0.1, 0.15) is 6.92 Å². The summed E-state index contributed by atoms with van der Waals surface area (Å²) in [6.45, 7) is 2.84. The molecule has 0 saturated heterocycles. The molecule has 4 nitrogen and oxygen atoms in total. The number of aromatic amines is 1. The molecule has 2 heterocycles. The number of H-pyrrole nitrogens is 1. The third kappa shape index (κ3) is 2.43. The second kappa shape index (κ2) is 5.59. The van der Waals surface area contributed by atoms with Gasteiger partial charge in [-0.1, -0.05) is 30.4 Å². The van der Waals surface area contributed by atoms with E-state index in [4.69, 9.17) is 26.4 Å². The summed E-state index contributed by atoms with van der Waals surface area (Å²) in [5, 5.41) is 1.02. The van der Waals surface area contributed by atoms with Gasteiger partial charge in [-0.25, -0.2) is 0 Å². The summed E-state index contributed by atoms with van der Waals surface area (Å²) in [5.74, 6) is 2.33. The average molecular weight is 325 g/mol. The smallest absolute Gasteiger partial charge is 0.231 e. The highest BCUT2D eigenvalue weighted by atomic mass is 32.1. The van der Waals surface area contributed by atoms with E-state index in [0.717, 1.165) is 39.3 Å². The standard InChI is InChI=1S/C18H15NO3S/c1-2-20-15-6-4-3-5-11(15)12-8-18(23)19-14-9-17-16(7-13(12)14)21-10-22-17/h3-9H,2,10H2,1H3,(H,19,23). The molecule has 0 amide bonds. The number of rotatable bonds is 3. The first-order valence-electron chi connectivity index (χ1n) is 7.45. The summed E-state index contributed by atoms with van der Waals surface area (Å²) in [4.78, 5) is 3.22. The molecular weight excluding hydrogens is 310 g/mol. The number of benzene rings is 2. The minimum absolute atomic E-state index is 0.247. The molecule has 116 valence electrons. The van der Waals surface area contributed by atoms with Gasteiger partial charge in [0.1, 0.15) is 10.4 Å². The Morgan fingerprint density at radius 3 is 2.70 bits per heavy atom. The van der Waals surface area contributed by atoms with Crippen molar-refractivity contribution in [1.82, 2.24) is 4.98 Å². The van der Waals surface area contributed by atoms with E-state index in [1.165, 1.54) is 0 Å². The number of para-hydroxylation sites is 1. The Balaban J connectivity index is 2.02. The first-order valence-corrected chi connectivity index (χ1v) is 7.86. The quantitative estimate of drug-likeness (QED) is 0.709. The van der Waals surface area contributed by atoms with Crippen molar-refractivity contribution in [2.75, 3.05) is 13.4 Å². The van der Waals surface area contributed by atoms with Gasteiger partial charge in [-0.05, 0) is 30.7 Å². The van der Waals surface area contributed by atoms with Crippen LogP contribution < -0.4 is 14.2 Å². The lowest BCUT2D eigenvalue weighted by molar-refractivity contribution is 0.174. The summed E-state index contributed by atoms with van der Waals surface area (Å²) in [7, 11) is 0. The Bertz CT molecular complexity index is 949. The van der Waals surface area contributed by atoms with E-state index in [-0.39, 0.29) is 6.79 Å². The monoisotopic (exact) mass is 325 g/mol. The van der Waals surface area contributed by atoms with E-state index in [1.54, 1.807) is 0 Å². The van der Waals surface area contributed by atoms with Crippen LogP contribution in [0.4, 0.5) is 0 Å². The van der Waals surface area contributed by atoms with Crippen molar-refractivity contribution in [3.63, 3.8) is 0 Å². The number of hydrogen-bond acceptors (Lipinski definition) is 4. The molecule has 0 bridgehead atoms. The van der Waals surface area contributed by atoms with Gasteiger partial charge in [0, 0.05) is 17.0 Å². The van der Waals surface area contributed by atoms with Crippen LogP contribution in [0.25, 0.3) is 22.0 Å².